The second kappa shape index (κ2) is 9.82. The molecule has 1 aromatic heterocycles. The molecule has 1 aliphatic heterocycles. The molecule has 2 heterocycles. The van der Waals surface area contributed by atoms with Gasteiger partial charge in [0.15, 0.2) is 0 Å². The Kier molecular flexibility index (Phi) is 7.20. The summed E-state index contributed by atoms with van der Waals surface area (Å²) in [6.07, 6.45) is 3.67. The maximum absolute atomic E-state index is 12.5. The number of rotatable bonds is 8. The van der Waals surface area contributed by atoms with E-state index in [1.807, 2.05) is 53.9 Å². The summed E-state index contributed by atoms with van der Waals surface area (Å²) in [6.45, 7) is 1.09. The van der Waals surface area contributed by atoms with Gasteiger partial charge in [0.25, 0.3) is 5.91 Å². The Morgan fingerprint density at radius 1 is 1.19 bits per heavy atom. The molecule has 1 saturated heterocycles. The second-order valence-corrected chi connectivity index (χ2v) is 8.69. The number of hydrogen-bond acceptors (Lipinski definition) is 5. The standard InChI is InChI=1S/C20H20N2O2S3/c23-18(21-11-10-15-6-2-1-3-7-15)9-4-12-22-19(24)17(27-20(22)25)14-16-8-5-13-26-16/h1-3,5-8,13-14H,4,9-12H2,(H,21,23)/b17-14-. The number of nitrogens with one attached hydrogen (secondary N) is 1. The van der Waals surface area contributed by atoms with Crippen molar-refractivity contribution in [3.05, 3.63) is 63.2 Å². The molecule has 0 atom stereocenters. The van der Waals surface area contributed by atoms with Crippen LogP contribution in [0.2, 0.25) is 0 Å². The number of amides is 2. The van der Waals surface area contributed by atoms with Crippen molar-refractivity contribution in [1.29, 1.82) is 0 Å². The molecule has 3 rings (SSSR count). The molecule has 2 aromatic rings. The third-order valence-electron chi connectivity index (χ3n) is 4.05. The Morgan fingerprint density at radius 3 is 2.74 bits per heavy atom. The smallest absolute Gasteiger partial charge is 0.266 e. The molecule has 0 aliphatic carbocycles. The Hall–Kier alpha value is -1.96. The van der Waals surface area contributed by atoms with Crippen LogP contribution >= 0.6 is 35.3 Å². The molecule has 1 aromatic carbocycles. The summed E-state index contributed by atoms with van der Waals surface area (Å²) in [5.74, 6) is -0.0617. The molecule has 0 saturated carbocycles. The van der Waals surface area contributed by atoms with Crippen LogP contribution in [-0.4, -0.2) is 34.1 Å². The predicted octanol–water partition coefficient (Wildman–Crippen LogP) is 4.09. The third kappa shape index (κ3) is 5.76. The van der Waals surface area contributed by atoms with Crippen LogP contribution in [0.3, 0.4) is 0 Å². The zero-order chi connectivity index (χ0) is 19.1. The number of carbonyl (C=O) groups excluding carboxylic acids is 2. The summed E-state index contributed by atoms with van der Waals surface area (Å²) in [4.78, 5) is 27.8. The Morgan fingerprint density at radius 2 is 2.00 bits per heavy atom. The number of nitrogens with zero attached hydrogens (tertiary/aromatic N) is 1. The highest BCUT2D eigenvalue weighted by Crippen LogP contribution is 2.33. The van der Waals surface area contributed by atoms with Crippen molar-refractivity contribution >= 4 is 57.5 Å². The van der Waals surface area contributed by atoms with E-state index in [9.17, 15) is 9.59 Å². The van der Waals surface area contributed by atoms with E-state index < -0.39 is 0 Å². The summed E-state index contributed by atoms with van der Waals surface area (Å²) in [7, 11) is 0. The van der Waals surface area contributed by atoms with E-state index in [1.54, 1.807) is 16.2 Å². The number of carbonyl (C=O) groups is 2. The summed E-state index contributed by atoms with van der Waals surface area (Å²) >= 11 is 8.23. The monoisotopic (exact) mass is 416 g/mol. The first-order valence-corrected chi connectivity index (χ1v) is 10.8. The lowest BCUT2D eigenvalue weighted by Crippen LogP contribution is -2.31. The SMILES string of the molecule is O=C(CCCN1C(=O)/C(=C/c2cccs2)SC1=S)NCCc1ccccc1. The molecule has 1 N–H and O–H groups in total. The first-order chi connectivity index (χ1) is 13.1. The molecule has 2 amide bonds. The van der Waals surface area contributed by atoms with E-state index in [2.05, 4.69) is 5.32 Å². The summed E-state index contributed by atoms with van der Waals surface area (Å²) in [5.41, 5.74) is 1.20. The van der Waals surface area contributed by atoms with Crippen molar-refractivity contribution in [3.63, 3.8) is 0 Å². The minimum absolute atomic E-state index is 0.00509. The Balaban J connectivity index is 1.40. The summed E-state index contributed by atoms with van der Waals surface area (Å²) in [5, 5.41) is 4.90. The normalized spacial score (nSPS) is 15.6. The fourth-order valence-corrected chi connectivity index (χ4v) is 4.70. The van der Waals surface area contributed by atoms with Gasteiger partial charge in [0.1, 0.15) is 4.32 Å². The van der Waals surface area contributed by atoms with Gasteiger partial charge >= 0.3 is 0 Å². The van der Waals surface area contributed by atoms with Gasteiger partial charge in [-0.3, -0.25) is 14.5 Å². The molecule has 0 bridgehead atoms. The second-order valence-electron chi connectivity index (χ2n) is 6.04. The van der Waals surface area contributed by atoms with E-state index in [0.29, 0.717) is 35.2 Å². The summed E-state index contributed by atoms with van der Waals surface area (Å²) in [6, 6.07) is 14.0. The minimum Gasteiger partial charge on any atom is -0.356 e. The van der Waals surface area contributed by atoms with Gasteiger partial charge in [-0.05, 0) is 35.9 Å². The van der Waals surface area contributed by atoms with Gasteiger partial charge < -0.3 is 5.32 Å². The summed E-state index contributed by atoms with van der Waals surface area (Å²) < 4.78 is 0.562. The van der Waals surface area contributed by atoms with Crippen LogP contribution < -0.4 is 5.32 Å². The van der Waals surface area contributed by atoms with Gasteiger partial charge in [0.05, 0.1) is 4.91 Å². The lowest BCUT2D eigenvalue weighted by Gasteiger charge is -2.14. The number of hydrogen-bond donors (Lipinski definition) is 1. The van der Waals surface area contributed by atoms with Crippen LogP contribution in [0.4, 0.5) is 0 Å². The minimum atomic E-state index is -0.0668. The Labute approximate surface area is 172 Å². The third-order valence-corrected chi connectivity index (χ3v) is 6.25. The van der Waals surface area contributed by atoms with Gasteiger partial charge in [-0.2, -0.15) is 0 Å². The topological polar surface area (TPSA) is 49.4 Å². The Bertz CT molecular complexity index is 832. The van der Waals surface area contributed by atoms with Crippen LogP contribution in [0.1, 0.15) is 23.3 Å². The van der Waals surface area contributed by atoms with E-state index in [0.717, 1.165) is 11.3 Å². The van der Waals surface area contributed by atoms with Crippen molar-refractivity contribution in [2.24, 2.45) is 0 Å². The lowest BCUT2D eigenvalue weighted by atomic mass is 10.1. The predicted molar refractivity (Wildman–Crippen MR) is 117 cm³/mol. The molecule has 1 aliphatic rings. The quantitative estimate of drug-likeness (QED) is 0.520. The lowest BCUT2D eigenvalue weighted by molar-refractivity contribution is -0.123. The van der Waals surface area contributed by atoms with E-state index in [1.165, 1.54) is 17.3 Å². The highest BCUT2D eigenvalue weighted by Gasteiger charge is 2.31. The molecule has 7 heteroatoms. The molecule has 0 radical (unpaired) electrons. The zero-order valence-electron chi connectivity index (χ0n) is 14.7. The van der Waals surface area contributed by atoms with Crippen LogP contribution in [0, 0.1) is 0 Å². The van der Waals surface area contributed by atoms with E-state index >= 15 is 0 Å². The van der Waals surface area contributed by atoms with Gasteiger partial charge in [0.2, 0.25) is 5.91 Å². The average molecular weight is 417 g/mol. The fourth-order valence-electron chi connectivity index (χ4n) is 2.67. The van der Waals surface area contributed by atoms with Crippen molar-refractivity contribution in [2.45, 2.75) is 19.3 Å². The van der Waals surface area contributed by atoms with Gasteiger partial charge in [-0.1, -0.05) is 60.4 Å². The van der Waals surface area contributed by atoms with Crippen LogP contribution in [0.15, 0.2) is 52.7 Å². The van der Waals surface area contributed by atoms with Gasteiger partial charge in [0, 0.05) is 24.4 Å². The zero-order valence-corrected chi connectivity index (χ0v) is 17.2. The van der Waals surface area contributed by atoms with E-state index in [-0.39, 0.29) is 11.8 Å². The molecule has 0 unspecified atom stereocenters. The highest BCUT2D eigenvalue weighted by atomic mass is 32.2. The van der Waals surface area contributed by atoms with E-state index in [4.69, 9.17) is 12.2 Å². The highest BCUT2D eigenvalue weighted by molar-refractivity contribution is 8.26. The number of thiophene rings is 1. The fraction of sp³-hybridized carbons (Fsp3) is 0.250. The maximum atomic E-state index is 12.5. The number of thioether (sulfide) groups is 1. The van der Waals surface area contributed by atoms with Crippen LogP contribution in [0.25, 0.3) is 6.08 Å². The van der Waals surface area contributed by atoms with Crippen molar-refractivity contribution in [1.82, 2.24) is 10.2 Å². The largest absolute Gasteiger partial charge is 0.356 e. The molecule has 0 spiro atoms. The molecule has 140 valence electrons. The molecule has 27 heavy (non-hydrogen) atoms. The molecular formula is C20H20N2O2S3. The molecule has 1 fully saturated rings. The molecule has 4 nitrogen and oxygen atoms in total. The average Bonchev–Trinajstić information content (AvgIpc) is 3.26. The first kappa shape index (κ1) is 19.8. The van der Waals surface area contributed by atoms with Crippen molar-refractivity contribution in [2.75, 3.05) is 13.1 Å². The number of benzene rings is 1. The van der Waals surface area contributed by atoms with Crippen molar-refractivity contribution in [3.8, 4) is 0 Å². The number of thiocarbonyl (C=S) groups is 1. The van der Waals surface area contributed by atoms with Gasteiger partial charge in [-0.25, -0.2) is 0 Å². The first-order valence-electron chi connectivity index (χ1n) is 8.73. The van der Waals surface area contributed by atoms with Crippen LogP contribution in [-0.2, 0) is 16.0 Å². The van der Waals surface area contributed by atoms with Gasteiger partial charge in [-0.15, -0.1) is 11.3 Å². The molecular weight excluding hydrogens is 396 g/mol. The van der Waals surface area contributed by atoms with Crippen LogP contribution in [0.5, 0.6) is 0 Å². The maximum Gasteiger partial charge on any atom is 0.266 e. The van der Waals surface area contributed by atoms with Crippen molar-refractivity contribution < 1.29 is 9.59 Å².